The molecule has 2 rings (SSSR count). The Morgan fingerprint density at radius 2 is 2.10 bits per heavy atom. The van der Waals surface area contributed by atoms with E-state index in [1.165, 1.54) is 0 Å². The molecular weight excluding hydrogens is 295 g/mol. The number of ether oxygens (including phenoxy) is 1. The van der Waals surface area contributed by atoms with Gasteiger partial charge in [0.05, 0.1) is 16.6 Å². The van der Waals surface area contributed by atoms with Gasteiger partial charge >= 0.3 is 6.18 Å². The zero-order valence-electron chi connectivity index (χ0n) is 10.5. The molecule has 20 heavy (non-hydrogen) atoms. The van der Waals surface area contributed by atoms with Crippen molar-refractivity contribution >= 4 is 10.0 Å². The first kappa shape index (κ1) is 15.3. The summed E-state index contributed by atoms with van der Waals surface area (Å²) in [6.07, 6.45) is -3.18. The number of hydrogen-bond donors (Lipinski definition) is 1. The van der Waals surface area contributed by atoms with Gasteiger partial charge in [0.2, 0.25) is 10.0 Å². The first-order valence-electron chi connectivity index (χ1n) is 6.07. The van der Waals surface area contributed by atoms with Crippen LogP contribution in [0.25, 0.3) is 0 Å². The molecule has 0 aromatic heterocycles. The highest BCUT2D eigenvalue weighted by Gasteiger charge is 2.31. The van der Waals surface area contributed by atoms with Crippen LogP contribution in [0.3, 0.4) is 0 Å². The zero-order valence-corrected chi connectivity index (χ0v) is 11.3. The Morgan fingerprint density at radius 1 is 1.35 bits per heavy atom. The molecule has 0 radical (unpaired) electrons. The molecule has 0 bridgehead atoms. The highest BCUT2D eigenvalue weighted by Crippen LogP contribution is 2.30. The van der Waals surface area contributed by atoms with Crippen LogP contribution in [0, 0.1) is 0 Å². The molecule has 8 heteroatoms. The normalized spacial score (nSPS) is 20.2. The molecule has 0 spiro atoms. The minimum absolute atomic E-state index is 0.0680. The second kappa shape index (κ2) is 5.71. The molecule has 1 aromatic carbocycles. The van der Waals surface area contributed by atoms with Gasteiger partial charge in [-0.15, -0.1) is 0 Å². The van der Waals surface area contributed by atoms with Crippen molar-refractivity contribution in [1.29, 1.82) is 0 Å². The minimum atomic E-state index is -4.57. The molecule has 1 aliphatic heterocycles. The van der Waals surface area contributed by atoms with Crippen molar-refractivity contribution in [1.82, 2.24) is 4.72 Å². The molecule has 1 fully saturated rings. The van der Waals surface area contributed by atoms with E-state index < -0.39 is 26.7 Å². The fraction of sp³-hybridized carbons (Fsp3) is 0.500. The minimum Gasteiger partial charge on any atom is -0.377 e. The van der Waals surface area contributed by atoms with Crippen LogP contribution in [0.2, 0.25) is 0 Å². The fourth-order valence-corrected chi connectivity index (χ4v) is 3.04. The summed E-state index contributed by atoms with van der Waals surface area (Å²) < 4.78 is 69.1. The maximum atomic E-state index is 12.6. The Labute approximate surface area is 115 Å². The van der Waals surface area contributed by atoms with Crippen LogP contribution in [0.1, 0.15) is 18.4 Å². The second-order valence-electron chi connectivity index (χ2n) is 4.51. The van der Waals surface area contributed by atoms with E-state index in [9.17, 15) is 21.6 Å². The third-order valence-electron chi connectivity index (χ3n) is 3.00. The summed E-state index contributed by atoms with van der Waals surface area (Å²) in [5.74, 6) is 0. The van der Waals surface area contributed by atoms with Crippen LogP contribution >= 0.6 is 0 Å². The highest BCUT2D eigenvalue weighted by molar-refractivity contribution is 7.89. The lowest BCUT2D eigenvalue weighted by Gasteiger charge is -2.12. The van der Waals surface area contributed by atoms with E-state index in [1.54, 1.807) is 0 Å². The van der Waals surface area contributed by atoms with Crippen LogP contribution in [-0.2, 0) is 20.9 Å². The van der Waals surface area contributed by atoms with E-state index in [0.29, 0.717) is 12.7 Å². The van der Waals surface area contributed by atoms with E-state index in [-0.39, 0.29) is 12.6 Å². The Balaban J connectivity index is 2.12. The third-order valence-corrected chi connectivity index (χ3v) is 4.42. The highest BCUT2D eigenvalue weighted by atomic mass is 32.2. The number of benzene rings is 1. The quantitative estimate of drug-likeness (QED) is 0.927. The third kappa shape index (κ3) is 3.71. The molecule has 1 aliphatic rings. The van der Waals surface area contributed by atoms with Crippen LogP contribution in [0.5, 0.6) is 0 Å². The molecule has 112 valence electrons. The summed E-state index contributed by atoms with van der Waals surface area (Å²) in [7, 11) is -3.96. The van der Waals surface area contributed by atoms with E-state index in [4.69, 9.17) is 4.74 Å². The van der Waals surface area contributed by atoms with E-state index in [2.05, 4.69) is 4.72 Å². The van der Waals surface area contributed by atoms with E-state index in [0.717, 1.165) is 31.0 Å². The molecule has 1 N–H and O–H groups in total. The monoisotopic (exact) mass is 309 g/mol. The van der Waals surface area contributed by atoms with Gasteiger partial charge in [-0.1, -0.05) is 6.07 Å². The Kier molecular flexibility index (Phi) is 4.36. The van der Waals surface area contributed by atoms with Crippen molar-refractivity contribution in [3.05, 3.63) is 29.8 Å². The number of nitrogens with one attached hydrogen (secondary N) is 1. The predicted molar refractivity (Wildman–Crippen MR) is 65.6 cm³/mol. The Bertz CT molecular complexity index is 566. The van der Waals surface area contributed by atoms with Crippen molar-refractivity contribution in [2.45, 2.75) is 30.0 Å². The first-order valence-corrected chi connectivity index (χ1v) is 7.56. The van der Waals surface area contributed by atoms with Gasteiger partial charge in [-0.3, -0.25) is 0 Å². The number of sulfonamides is 1. The maximum Gasteiger partial charge on any atom is 0.416 e. The van der Waals surface area contributed by atoms with Crippen molar-refractivity contribution in [2.24, 2.45) is 0 Å². The average molecular weight is 309 g/mol. The summed E-state index contributed by atoms with van der Waals surface area (Å²) in [5.41, 5.74) is -0.988. The van der Waals surface area contributed by atoms with Gasteiger partial charge in [0.15, 0.2) is 0 Å². The first-order chi connectivity index (χ1) is 9.29. The summed E-state index contributed by atoms with van der Waals surface area (Å²) >= 11 is 0. The molecule has 0 amide bonds. The van der Waals surface area contributed by atoms with Gasteiger partial charge in [0, 0.05) is 13.2 Å². The SMILES string of the molecule is O=S(=O)(NC[C@@H]1CCCO1)c1cccc(C(F)(F)F)c1. The maximum absolute atomic E-state index is 12.6. The standard InChI is InChI=1S/C12H14F3NO3S/c13-12(14,15)9-3-1-5-11(7-9)20(17,18)16-8-10-4-2-6-19-10/h1,3,5,7,10,16H,2,4,6,8H2/t10-/m0/s1. The van der Waals surface area contributed by atoms with E-state index >= 15 is 0 Å². The van der Waals surface area contributed by atoms with Gasteiger partial charge in [0.1, 0.15) is 0 Å². The number of alkyl halides is 3. The lowest BCUT2D eigenvalue weighted by Crippen LogP contribution is -2.32. The molecule has 1 atom stereocenters. The van der Waals surface area contributed by atoms with Crippen LogP contribution in [0.4, 0.5) is 13.2 Å². The zero-order chi connectivity index (χ0) is 14.8. The molecular formula is C12H14F3NO3S. The lowest BCUT2D eigenvalue weighted by molar-refractivity contribution is -0.137. The summed E-state index contributed by atoms with van der Waals surface area (Å²) in [4.78, 5) is -0.398. The largest absolute Gasteiger partial charge is 0.416 e. The molecule has 4 nitrogen and oxygen atoms in total. The van der Waals surface area contributed by atoms with Gasteiger partial charge in [-0.2, -0.15) is 13.2 Å². The molecule has 1 heterocycles. The van der Waals surface area contributed by atoms with Gasteiger partial charge in [0.25, 0.3) is 0 Å². The Hall–Kier alpha value is -1.12. The summed E-state index contributed by atoms with van der Waals surface area (Å²) in [5, 5.41) is 0. The molecule has 0 unspecified atom stereocenters. The predicted octanol–water partition coefficient (Wildman–Crippen LogP) is 2.16. The smallest absolute Gasteiger partial charge is 0.377 e. The second-order valence-corrected chi connectivity index (χ2v) is 6.28. The van der Waals surface area contributed by atoms with Gasteiger partial charge in [-0.05, 0) is 31.0 Å². The fourth-order valence-electron chi connectivity index (χ4n) is 1.93. The molecule has 0 aliphatic carbocycles. The lowest BCUT2D eigenvalue weighted by atomic mass is 10.2. The van der Waals surface area contributed by atoms with Crippen molar-refractivity contribution in [2.75, 3.05) is 13.2 Å². The van der Waals surface area contributed by atoms with E-state index in [1.807, 2.05) is 0 Å². The molecule has 1 saturated heterocycles. The van der Waals surface area contributed by atoms with Crippen LogP contribution < -0.4 is 4.72 Å². The number of hydrogen-bond acceptors (Lipinski definition) is 3. The van der Waals surface area contributed by atoms with Crippen molar-refractivity contribution < 1.29 is 26.3 Å². The molecule has 0 saturated carbocycles. The molecule has 1 aromatic rings. The number of halogens is 3. The topological polar surface area (TPSA) is 55.4 Å². The van der Waals surface area contributed by atoms with Crippen LogP contribution in [-0.4, -0.2) is 27.7 Å². The Morgan fingerprint density at radius 3 is 2.70 bits per heavy atom. The van der Waals surface area contributed by atoms with Crippen molar-refractivity contribution in [3.63, 3.8) is 0 Å². The van der Waals surface area contributed by atoms with Crippen LogP contribution in [0.15, 0.2) is 29.2 Å². The summed E-state index contributed by atoms with van der Waals surface area (Å²) in [6.45, 7) is 0.647. The number of rotatable bonds is 4. The van der Waals surface area contributed by atoms with Crippen molar-refractivity contribution in [3.8, 4) is 0 Å². The average Bonchev–Trinajstić information content (AvgIpc) is 2.89. The van der Waals surface area contributed by atoms with Gasteiger partial charge < -0.3 is 4.74 Å². The summed E-state index contributed by atoms with van der Waals surface area (Å²) in [6, 6.07) is 3.66. The van der Waals surface area contributed by atoms with Gasteiger partial charge in [-0.25, -0.2) is 13.1 Å².